The summed E-state index contributed by atoms with van der Waals surface area (Å²) in [5.41, 5.74) is -2.86. The minimum atomic E-state index is -1.59. The molecule has 148 valence electrons. The monoisotopic (exact) mass is 405 g/mol. The predicted molar refractivity (Wildman–Crippen MR) is 96.8 cm³/mol. The summed E-state index contributed by atoms with van der Waals surface area (Å²) < 4.78 is 44.7. The molecule has 1 aliphatic heterocycles. The van der Waals surface area contributed by atoms with Crippen molar-refractivity contribution in [2.24, 2.45) is 0 Å². The first kappa shape index (κ1) is 21.0. The van der Waals surface area contributed by atoms with E-state index in [-0.39, 0.29) is 28.8 Å². The molecule has 3 heterocycles. The number of aromatic nitrogens is 1. The van der Waals surface area contributed by atoms with Gasteiger partial charge < -0.3 is 14.9 Å². The van der Waals surface area contributed by atoms with Crippen LogP contribution in [-0.2, 0) is 6.42 Å². The zero-order valence-electron chi connectivity index (χ0n) is 14.8. The maximum Gasteiger partial charge on any atom is 0.341 e. The molecule has 1 saturated heterocycles. The maximum absolute atomic E-state index is 15.2. The number of halogens is 4. The molecule has 0 aromatic carbocycles. The number of carbonyl (C=O) groups is 1. The number of likely N-dealkylation sites (N-methyl/N-ethyl adjacent to an activating group) is 1. The average molecular weight is 406 g/mol. The number of hydrogen-bond acceptors (Lipinski definition) is 4. The molecule has 2 aromatic rings. The second kappa shape index (κ2) is 7.77. The first-order valence-corrected chi connectivity index (χ1v) is 8.19. The molecule has 1 N–H and O–H groups in total. The smallest absolute Gasteiger partial charge is 0.341 e. The van der Waals surface area contributed by atoms with Gasteiger partial charge in [0, 0.05) is 26.2 Å². The molecule has 0 atom stereocenters. The Labute approximate surface area is 159 Å². The standard InChI is InChI=1S/C17H18F3N3O3.ClH/c1-3-9-8-10(17(25)26)16(24)23-13(9)11(18)14(12(19)15(23)20)22-6-4-21(2)5-7-22;/h8H,3-7H2,1-2H3,(H,25,26);1H. The number of anilines is 1. The van der Waals surface area contributed by atoms with Crippen molar-refractivity contribution in [3.05, 3.63) is 45.1 Å². The van der Waals surface area contributed by atoms with Crippen LogP contribution < -0.4 is 10.5 Å². The molecule has 6 nitrogen and oxygen atoms in total. The van der Waals surface area contributed by atoms with Gasteiger partial charge in [-0.1, -0.05) is 6.92 Å². The Morgan fingerprint density at radius 3 is 2.26 bits per heavy atom. The van der Waals surface area contributed by atoms with Gasteiger partial charge in [-0.05, 0) is 25.1 Å². The number of aryl methyl sites for hydroxylation is 1. The minimum Gasteiger partial charge on any atom is -0.477 e. The van der Waals surface area contributed by atoms with Crippen molar-refractivity contribution in [2.45, 2.75) is 13.3 Å². The molecule has 10 heteroatoms. The Morgan fingerprint density at radius 1 is 1.15 bits per heavy atom. The molecular weight excluding hydrogens is 387 g/mol. The van der Waals surface area contributed by atoms with E-state index in [2.05, 4.69) is 0 Å². The zero-order chi connectivity index (χ0) is 19.2. The number of hydrogen-bond donors (Lipinski definition) is 1. The highest BCUT2D eigenvalue weighted by molar-refractivity contribution is 5.88. The molecule has 1 aliphatic rings. The molecule has 27 heavy (non-hydrogen) atoms. The van der Waals surface area contributed by atoms with E-state index in [4.69, 9.17) is 5.11 Å². The first-order valence-electron chi connectivity index (χ1n) is 8.19. The van der Waals surface area contributed by atoms with Gasteiger partial charge >= 0.3 is 5.97 Å². The van der Waals surface area contributed by atoms with Crippen LogP contribution in [0, 0.1) is 17.6 Å². The van der Waals surface area contributed by atoms with Crippen LogP contribution in [0.3, 0.4) is 0 Å². The fourth-order valence-electron chi connectivity index (χ4n) is 3.23. The molecular formula is C17H19ClF3N3O3. The highest BCUT2D eigenvalue weighted by atomic mass is 35.5. The summed E-state index contributed by atoms with van der Waals surface area (Å²) in [6.07, 6.45) is 0.147. The van der Waals surface area contributed by atoms with E-state index in [0.717, 1.165) is 6.07 Å². The lowest BCUT2D eigenvalue weighted by Crippen LogP contribution is -2.45. The Kier molecular flexibility index (Phi) is 6.06. The highest BCUT2D eigenvalue weighted by Gasteiger charge is 2.29. The van der Waals surface area contributed by atoms with Gasteiger partial charge in [0.15, 0.2) is 5.82 Å². The summed E-state index contributed by atoms with van der Waals surface area (Å²) in [4.78, 5) is 26.9. The summed E-state index contributed by atoms with van der Waals surface area (Å²) >= 11 is 0. The molecule has 0 bridgehead atoms. The van der Waals surface area contributed by atoms with Crippen LogP contribution in [0.1, 0.15) is 22.8 Å². The Bertz CT molecular complexity index is 956. The summed E-state index contributed by atoms with van der Waals surface area (Å²) in [7, 11) is 1.87. The number of carboxylic acid groups (broad SMARTS) is 1. The number of aromatic carboxylic acids is 1. The van der Waals surface area contributed by atoms with Crippen molar-refractivity contribution in [3.8, 4) is 0 Å². The maximum atomic E-state index is 15.2. The molecule has 0 aliphatic carbocycles. The van der Waals surface area contributed by atoms with Crippen LogP contribution >= 0.6 is 12.4 Å². The van der Waals surface area contributed by atoms with Gasteiger partial charge in [-0.2, -0.15) is 8.78 Å². The molecule has 2 aromatic heterocycles. The molecule has 0 amide bonds. The van der Waals surface area contributed by atoms with Crippen LogP contribution in [-0.4, -0.2) is 53.6 Å². The van der Waals surface area contributed by atoms with E-state index in [0.29, 0.717) is 26.2 Å². The van der Waals surface area contributed by atoms with E-state index >= 15 is 4.39 Å². The molecule has 0 spiro atoms. The molecule has 1 fully saturated rings. The van der Waals surface area contributed by atoms with E-state index in [1.54, 1.807) is 6.92 Å². The van der Waals surface area contributed by atoms with Crippen LogP contribution in [0.4, 0.5) is 18.9 Å². The lowest BCUT2D eigenvalue weighted by molar-refractivity contribution is 0.0694. The van der Waals surface area contributed by atoms with Crippen LogP contribution in [0.15, 0.2) is 10.9 Å². The largest absolute Gasteiger partial charge is 0.477 e. The first-order chi connectivity index (χ1) is 12.3. The van der Waals surface area contributed by atoms with Crippen molar-refractivity contribution < 1.29 is 23.1 Å². The van der Waals surface area contributed by atoms with Crippen molar-refractivity contribution in [3.63, 3.8) is 0 Å². The second-order valence-corrected chi connectivity index (χ2v) is 6.29. The summed E-state index contributed by atoms with van der Waals surface area (Å²) in [6.45, 7) is 3.33. The zero-order valence-corrected chi connectivity index (χ0v) is 15.6. The summed E-state index contributed by atoms with van der Waals surface area (Å²) in [5, 5.41) is 9.12. The third kappa shape index (κ3) is 3.37. The number of pyridine rings is 2. The van der Waals surface area contributed by atoms with Crippen molar-refractivity contribution in [1.29, 1.82) is 0 Å². The summed E-state index contributed by atoms with van der Waals surface area (Å²) in [6, 6.07) is 1.02. The third-order valence-corrected chi connectivity index (χ3v) is 4.71. The van der Waals surface area contributed by atoms with E-state index in [1.807, 2.05) is 11.9 Å². The average Bonchev–Trinajstić information content (AvgIpc) is 2.60. The van der Waals surface area contributed by atoms with Gasteiger partial charge in [-0.25, -0.2) is 13.6 Å². The van der Waals surface area contributed by atoms with Crippen molar-refractivity contribution in [1.82, 2.24) is 9.30 Å². The molecule has 0 saturated carbocycles. The second-order valence-electron chi connectivity index (χ2n) is 6.29. The Morgan fingerprint density at radius 2 is 1.74 bits per heavy atom. The fraction of sp³-hybridized carbons (Fsp3) is 0.412. The van der Waals surface area contributed by atoms with Gasteiger partial charge in [0.25, 0.3) is 5.56 Å². The number of rotatable bonds is 3. The molecule has 0 unspecified atom stereocenters. The van der Waals surface area contributed by atoms with Crippen molar-refractivity contribution in [2.75, 3.05) is 38.1 Å². The van der Waals surface area contributed by atoms with E-state index in [1.165, 1.54) is 4.90 Å². The number of piperazine rings is 1. The summed E-state index contributed by atoms with van der Waals surface area (Å²) in [5.74, 6) is -5.72. The van der Waals surface area contributed by atoms with Gasteiger partial charge in [0.2, 0.25) is 11.8 Å². The predicted octanol–water partition coefficient (Wildman–Crippen LogP) is 2.15. The lowest BCUT2D eigenvalue weighted by atomic mass is 10.1. The highest BCUT2D eigenvalue weighted by Crippen LogP contribution is 2.31. The van der Waals surface area contributed by atoms with Gasteiger partial charge in [-0.3, -0.25) is 4.79 Å². The van der Waals surface area contributed by atoms with Crippen LogP contribution in [0.25, 0.3) is 5.52 Å². The quantitative estimate of drug-likeness (QED) is 0.793. The van der Waals surface area contributed by atoms with E-state index < -0.39 is 45.9 Å². The third-order valence-electron chi connectivity index (χ3n) is 4.71. The van der Waals surface area contributed by atoms with Crippen LogP contribution in [0.5, 0.6) is 0 Å². The SMILES string of the molecule is CCc1cc(C(=O)O)c(=O)n2c(F)c(F)c(N3CCN(C)CC3)c(F)c12.Cl. The van der Waals surface area contributed by atoms with Crippen LogP contribution in [0.2, 0.25) is 0 Å². The number of fused-ring (bicyclic) bond motifs is 1. The Balaban J connectivity index is 0.00000261. The molecule has 3 rings (SSSR count). The number of carboxylic acids is 1. The van der Waals surface area contributed by atoms with Gasteiger partial charge in [-0.15, -0.1) is 12.4 Å². The number of nitrogens with zero attached hydrogens (tertiary/aromatic N) is 3. The topological polar surface area (TPSA) is 65.3 Å². The minimum absolute atomic E-state index is 0. The Hall–Kier alpha value is -2.26. The normalized spacial score (nSPS) is 15.1. The fourth-order valence-corrected chi connectivity index (χ4v) is 3.23. The van der Waals surface area contributed by atoms with E-state index in [9.17, 15) is 18.4 Å². The van der Waals surface area contributed by atoms with Crippen molar-refractivity contribution >= 4 is 29.6 Å². The lowest BCUT2D eigenvalue weighted by Gasteiger charge is -2.34. The molecule has 0 radical (unpaired) electrons. The van der Waals surface area contributed by atoms with Gasteiger partial charge in [0.05, 0.1) is 5.52 Å². The van der Waals surface area contributed by atoms with Gasteiger partial charge in [0.1, 0.15) is 11.3 Å².